The molecule has 1 aromatic heterocycles. The zero-order valence-electron chi connectivity index (χ0n) is 8.13. The van der Waals surface area contributed by atoms with Crippen LogP contribution in [0.4, 0.5) is 0 Å². The molecule has 0 N–H and O–H groups in total. The van der Waals surface area contributed by atoms with Crippen LogP contribution in [-0.2, 0) is 0 Å². The second-order valence-electron chi connectivity index (χ2n) is 3.40. The largest absolute Gasteiger partial charge is 0.403 e. The minimum Gasteiger partial charge on any atom is -0.403 e. The van der Waals surface area contributed by atoms with E-state index in [1.165, 1.54) is 0 Å². The number of para-hydroxylation sites is 3. The molecule has 3 rings (SSSR count). The van der Waals surface area contributed by atoms with E-state index in [-0.39, 0.29) is 0 Å². The summed E-state index contributed by atoms with van der Waals surface area (Å²) in [5.74, 6) is 0. The van der Waals surface area contributed by atoms with Gasteiger partial charge in [-0.1, -0.05) is 30.3 Å². The molecule has 0 bridgehead atoms. The molecular formula is C13H10NO+. The highest BCUT2D eigenvalue weighted by atomic mass is 16.3. The molecule has 0 aliphatic rings. The molecule has 0 spiro atoms. The van der Waals surface area contributed by atoms with Crippen molar-refractivity contribution >= 4 is 11.1 Å². The summed E-state index contributed by atoms with van der Waals surface area (Å²) in [6.07, 6.45) is 1.74. The van der Waals surface area contributed by atoms with Crippen molar-refractivity contribution in [1.82, 2.24) is 0 Å². The Kier molecular flexibility index (Phi) is 1.78. The van der Waals surface area contributed by atoms with Crippen molar-refractivity contribution in [3.05, 3.63) is 61.0 Å². The Bertz CT molecular complexity index is 584. The van der Waals surface area contributed by atoms with Gasteiger partial charge in [0.1, 0.15) is 0 Å². The Balaban J connectivity index is 2.28. The first-order valence-electron chi connectivity index (χ1n) is 4.88. The molecule has 0 fully saturated rings. The van der Waals surface area contributed by atoms with E-state index in [0.29, 0.717) is 0 Å². The lowest BCUT2D eigenvalue weighted by Gasteiger charge is -1.89. The van der Waals surface area contributed by atoms with E-state index < -0.39 is 0 Å². The first kappa shape index (κ1) is 8.24. The molecule has 0 amide bonds. The SMILES string of the molecule is c1ccc(-[n+]2coc3ccccc32)cc1. The summed E-state index contributed by atoms with van der Waals surface area (Å²) in [6.45, 7) is 0. The molecule has 15 heavy (non-hydrogen) atoms. The van der Waals surface area contributed by atoms with E-state index in [9.17, 15) is 0 Å². The molecule has 2 nitrogen and oxygen atoms in total. The Morgan fingerprint density at radius 3 is 2.40 bits per heavy atom. The summed E-state index contributed by atoms with van der Waals surface area (Å²) in [6, 6.07) is 18.2. The Labute approximate surface area is 87.4 Å². The summed E-state index contributed by atoms with van der Waals surface area (Å²) in [5.41, 5.74) is 3.10. The zero-order chi connectivity index (χ0) is 10.1. The van der Waals surface area contributed by atoms with Crippen molar-refractivity contribution in [3.63, 3.8) is 0 Å². The van der Waals surface area contributed by atoms with Crippen LogP contribution >= 0.6 is 0 Å². The van der Waals surface area contributed by atoms with Crippen molar-refractivity contribution < 1.29 is 8.98 Å². The normalized spacial score (nSPS) is 10.7. The van der Waals surface area contributed by atoms with Crippen LogP contribution < -0.4 is 4.57 Å². The van der Waals surface area contributed by atoms with Crippen LogP contribution in [0.15, 0.2) is 65.4 Å². The third-order valence-corrected chi connectivity index (χ3v) is 2.44. The molecule has 0 radical (unpaired) electrons. The van der Waals surface area contributed by atoms with E-state index in [0.717, 1.165) is 16.8 Å². The molecule has 0 unspecified atom stereocenters. The maximum absolute atomic E-state index is 5.47. The molecule has 0 atom stereocenters. The van der Waals surface area contributed by atoms with Gasteiger partial charge in [-0.05, 0) is 6.07 Å². The fraction of sp³-hybridized carbons (Fsp3) is 0. The fourth-order valence-electron chi connectivity index (χ4n) is 1.71. The molecular weight excluding hydrogens is 186 g/mol. The summed E-state index contributed by atoms with van der Waals surface area (Å²) in [5, 5.41) is 0. The highest BCUT2D eigenvalue weighted by Crippen LogP contribution is 2.11. The summed E-state index contributed by atoms with van der Waals surface area (Å²) >= 11 is 0. The van der Waals surface area contributed by atoms with E-state index in [2.05, 4.69) is 12.1 Å². The quantitative estimate of drug-likeness (QED) is 0.547. The topological polar surface area (TPSA) is 17.0 Å². The molecule has 3 aromatic rings. The predicted molar refractivity (Wildman–Crippen MR) is 57.7 cm³/mol. The van der Waals surface area contributed by atoms with E-state index >= 15 is 0 Å². The second-order valence-corrected chi connectivity index (χ2v) is 3.40. The van der Waals surface area contributed by atoms with Crippen molar-refractivity contribution in [2.45, 2.75) is 0 Å². The predicted octanol–water partition coefficient (Wildman–Crippen LogP) is 2.71. The smallest absolute Gasteiger partial charge is 0.341 e. The van der Waals surface area contributed by atoms with Gasteiger partial charge in [-0.15, -0.1) is 4.57 Å². The Hall–Kier alpha value is -2.09. The lowest BCUT2D eigenvalue weighted by molar-refractivity contribution is -0.573. The monoisotopic (exact) mass is 196 g/mol. The lowest BCUT2D eigenvalue weighted by Crippen LogP contribution is -2.27. The van der Waals surface area contributed by atoms with E-state index in [1.54, 1.807) is 6.39 Å². The lowest BCUT2D eigenvalue weighted by atomic mass is 10.3. The Morgan fingerprint density at radius 1 is 0.800 bits per heavy atom. The van der Waals surface area contributed by atoms with Crippen LogP contribution in [0.3, 0.4) is 0 Å². The maximum Gasteiger partial charge on any atom is 0.341 e. The molecule has 2 aromatic carbocycles. The molecule has 0 saturated heterocycles. The first-order chi connectivity index (χ1) is 7.45. The summed E-state index contributed by atoms with van der Waals surface area (Å²) in [4.78, 5) is 0. The third-order valence-electron chi connectivity index (χ3n) is 2.44. The minimum atomic E-state index is 0.904. The molecule has 0 aliphatic heterocycles. The van der Waals surface area contributed by atoms with Gasteiger partial charge < -0.3 is 4.42 Å². The third kappa shape index (κ3) is 1.31. The van der Waals surface area contributed by atoms with Gasteiger partial charge in [0.25, 0.3) is 5.52 Å². The van der Waals surface area contributed by atoms with Crippen LogP contribution in [0.2, 0.25) is 0 Å². The number of aromatic nitrogens is 1. The molecule has 1 heterocycles. The number of fused-ring (bicyclic) bond motifs is 1. The van der Waals surface area contributed by atoms with Gasteiger partial charge in [0, 0.05) is 18.2 Å². The zero-order valence-corrected chi connectivity index (χ0v) is 8.13. The van der Waals surface area contributed by atoms with Crippen molar-refractivity contribution in [2.24, 2.45) is 0 Å². The van der Waals surface area contributed by atoms with E-state index in [1.807, 2.05) is 47.0 Å². The highest BCUT2D eigenvalue weighted by Gasteiger charge is 2.14. The van der Waals surface area contributed by atoms with Gasteiger partial charge in [0.05, 0.1) is 0 Å². The number of benzene rings is 2. The number of rotatable bonds is 1. The standard InChI is InChI=1S/C13H10NO/c1-2-6-11(7-3-1)14-10-15-13-9-5-4-8-12(13)14/h1-10H/q+1. The van der Waals surface area contributed by atoms with Crippen LogP contribution in [-0.4, -0.2) is 0 Å². The summed E-state index contributed by atoms with van der Waals surface area (Å²) < 4.78 is 7.50. The van der Waals surface area contributed by atoms with Gasteiger partial charge in [-0.3, -0.25) is 0 Å². The Morgan fingerprint density at radius 2 is 1.53 bits per heavy atom. The minimum absolute atomic E-state index is 0.904. The van der Waals surface area contributed by atoms with Crippen LogP contribution in [0, 0.1) is 0 Å². The van der Waals surface area contributed by atoms with Gasteiger partial charge in [0.2, 0.25) is 11.3 Å². The van der Waals surface area contributed by atoms with Crippen molar-refractivity contribution in [1.29, 1.82) is 0 Å². The molecule has 0 saturated carbocycles. The summed E-state index contributed by atoms with van der Waals surface area (Å²) in [7, 11) is 0. The number of hydrogen-bond acceptors (Lipinski definition) is 1. The molecule has 0 aliphatic carbocycles. The van der Waals surface area contributed by atoms with Crippen LogP contribution in [0.5, 0.6) is 0 Å². The van der Waals surface area contributed by atoms with Gasteiger partial charge in [-0.2, -0.15) is 0 Å². The van der Waals surface area contributed by atoms with Gasteiger partial charge >= 0.3 is 6.39 Å². The molecule has 72 valence electrons. The average molecular weight is 196 g/mol. The molecule has 2 heteroatoms. The van der Waals surface area contributed by atoms with Crippen LogP contribution in [0.1, 0.15) is 0 Å². The maximum atomic E-state index is 5.47. The van der Waals surface area contributed by atoms with Gasteiger partial charge in [0.15, 0.2) is 0 Å². The second kappa shape index (κ2) is 3.24. The fourth-order valence-corrected chi connectivity index (χ4v) is 1.71. The average Bonchev–Trinajstić information content (AvgIpc) is 2.74. The number of nitrogens with zero attached hydrogens (tertiary/aromatic N) is 1. The van der Waals surface area contributed by atoms with Crippen molar-refractivity contribution in [3.8, 4) is 5.69 Å². The van der Waals surface area contributed by atoms with Crippen LogP contribution in [0.25, 0.3) is 16.8 Å². The van der Waals surface area contributed by atoms with Crippen molar-refractivity contribution in [2.75, 3.05) is 0 Å². The van der Waals surface area contributed by atoms with E-state index in [4.69, 9.17) is 4.42 Å². The first-order valence-corrected chi connectivity index (χ1v) is 4.88. The number of hydrogen-bond donors (Lipinski definition) is 0. The van der Waals surface area contributed by atoms with Gasteiger partial charge in [-0.25, -0.2) is 0 Å². The highest BCUT2D eigenvalue weighted by molar-refractivity contribution is 5.68. The number of oxazole rings is 1.